The third-order valence-electron chi connectivity index (χ3n) is 2.62. The minimum Gasteiger partial charge on any atom is -0.322 e. The minimum absolute atomic E-state index is 0.237. The molecule has 2 heterocycles. The molecule has 2 N–H and O–H groups in total. The third-order valence-corrected chi connectivity index (χ3v) is 2.62. The van der Waals surface area contributed by atoms with Crippen LogP contribution in [0, 0.1) is 0 Å². The molecule has 1 aliphatic heterocycles. The maximum Gasteiger partial charge on any atom is 0.408 e. The van der Waals surface area contributed by atoms with Gasteiger partial charge >= 0.3 is 6.18 Å². The van der Waals surface area contributed by atoms with Crippen molar-refractivity contribution in [1.82, 2.24) is 15.1 Å². The van der Waals surface area contributed by atoms with Crippen molar-refractivity contribution in [3.63, 3.8) is 0 Å². The van der Waals surface area contributed by atoms with Gasteiger partial charge in [-0.2, -0.15) is 18.3 Å². The Labute approximate surface area is 101 Å². The molecule has 1 unspecified atom stereocenters. The fourth-order valence-electron chi connectivity index (χ4n) is 1.84. The van der Waals surface area contributed by atoms with E-state index in [0.717, 1.165) is 24.1 Å². The zero-order valence-corrected chi connectivity index (χ0v) is 9.50. The second-order valence-electron chi connectivity index (χ2n) is 4.18. The predicted octanol–water partition coefficient (Wildman–Crippen LogP) is 1.14. The van der Waals surface area contributed by atoms with Crippen LogP contribution in [-0.2, 0) is 11.3 Å². The Balaban J connectivity index is 1.92. The van der Waals surface area contributed by atoms with Crippen molar-refractivity contribution >= 4 is 11.6 Å². The number of rotatable bonds is 3. The van der Waals surface area contributed by atoms with Gasteiger partial charge in [-0.05, 0) is 19.4 Å². The Hall–Kier alpha value is -1.57. The molecule has 0 aromatic carbocycles. The summed E-state index contributed by atoms with van der Waals surface area (Å²) >= 11 is 0. The summed E-state index contributed by atoms with van der Waals surface area (Å²) in [7, 11) is 0. The highest BCUT2D eigenvalue weighted by Gasteiger charge is 2.28. The van der Waals surface area contributed by atoms with Crippen LogP contribution in [0.15, 0.2) is 12.4 Å². The molecule has 1 atom stereocenters. The second kappa shape index (κ2) is 4.97. The number of carbonyl (C=O) groups is 1. The van der Waals surface area contributed by atoms with Crippen molar-refractivity contribution < 1.29 is 18.0 Å². The van der Waals surface area contributed by atoms with Gasteiger partial charge in [0.25, 0.3) is 0 Å². The fraction of sp³-hybridized carbons (Fsp3) is 0.600. The van der Waals surface area contributed by atoms with Crippen LogP contribution in [0.4, 0.5) is 18.9 Å². The van der Waals surface area contributed by atoms with Gasteiger partial charge in [-0.15, -0.1) is 0 Å². The lowest BCUT2D eigenvalue weighted by Crippen LogP contribution is -2.35. The molecule has 1 aliphatic rings. The minimum atomic E-state index is -4.32. The maximum absolute atomic E-state index is 12.1. The molecule has 1 aromatic heterocycles. The lowest BCUT2D eigenvalue weighted by atomic mass is 10.2. The molecule has 1 fully saturated rings. The number of nitrogens with zero attached hydrogens (tertiary/aromatic N) is 2. The summed E-state index contributed by atoms with van der Waals surface area (Å²) in [4.78, 5) is 11.7. The van der Waals surface area contributed by atoms with Crippen LogP contribution in [0.3, 0.4) is 0 Å². The second-order valence-corrected chi connectivity index (χ2v) is 4.18. The van der Waals surface area contributed by atoms with Crippen molar-refractivity contribution in [2.75, 3.05) is 11.9 Å². The average molecular weight is 262 g/mol. The van der Waals surface area contributed by atoms with E-state index >= 15 is 0 Å². The van der Waals surface area contributed by atoms with Gasteiger partial charge in [-0.1, -0.05) is 0 Å². The molecule has 1 aromatic rings. The molecule has 0 saturated carbocycles. The lowest BCUT2D eigenvalue weighted by Gasteiger charge is -2.09. The largest absolute Gasteiger partial charge is 0.408 e. The number of amides is 1. The zero-order valence-electron chi connectivity index (χ0n) is 9.50. The van der Waals surface area contributed by atoms with Crippen LogP contribution < -0.4 is 10.6 Å². The summed E-state index contributed by atoms with van der Waals surface area (Å²) in [6, 6.07) is -0.268. The van der Waals surface area contributed by atoms with Gasteiger partial charge in [0.05, 0.1) is 17.9 Å². The molecular formula is C10H13F3N4O. The molecule has 2 rings (SSSR count). The molecule has 5 nitrogen and oxygen atoms in total. The van der Waals surface area contributed by atoms with Crippen LogP contribution in [0.2, 0.25) is 0 Å². The number of carbonyl (C=O) groups excluding carboxylic acids is 1. The number of nitrogens with one attached hydrogen (secondary N) is 2. The molecule has 100 valence electrons. The number of aromatic nitrogens is 2. The molecule has 0 aliphatic carbocycles. The van der Waals surface area contributed by atoms with E-state index in [4.69, 9.17) is 0 Å². The van der Waals surface area contributed by atoms with Crippen molar-refractivity contribution in [3.8, 4) is 0 Å². The van der Waals surface area contributed by atoms with E-state index in [1.807, 2.05) is 0 Å². The summed E-state index contributed by atoms with van der Waals surface area (Å²) in [5, 5.41) is 9.08. The average Bonchev–Trinajstić information content (AvgIpc) is 2.86. The molecular weight excluding hydrogens is 249 g/mol. The van der Waals surface area contributed by atoms with E-state index < -0.39 is 12.7 Å². The Morgan fingerprint density at radius 3 is 3.00 bits per heavy atom. The predicted molar refractivity (Wildman–Crippen MR) is 57.9 cm³/mol. The highest BCUT2D eigenvalue weighted by atomic mass is 19.4. The van der Waals surface area contributed by atoms with Crippen LogP contribution in [0.25, 0.3) is 0 Å². The SMILES string of the molecule is O=C(Nc1cnn(CC(F)(F)F)c1)C1CCCN1. The Morgan fingerprint density at radius 2 is 2.39 bits per heavy atom. The van der Waals surface area contributed by atoms with Gasteiger partial charge in [0, 0.05) is 6.20 Å². The van der Waals surface area contributed by atoms with Crippen molar-refractivity contribution in [2.24, 2.45) is 0 Å². The Morgan fingerprint density at radius 1 is 1.61 bits per heavy atom. The standard InChI is InChI=1S/C10H13F3N4O/c11-10(12,13)6-17-5-7(4-15-17)16-9(18)8-2-1-3-14-8/h4-5,8,14H,1-3,6H2,(H,16,18). The topological polar surface area (TPSA) is 59.0 Å². The fourth-order valence-corrected chi connectivity index (χ4v) is 1.84. The van der Waals surface area contributed by atoms with E-state index in [1.165, 1.54) is 12.4 Å². The number of hydrogen-bond acceptors (Lipinski definition) is 3. The van der Waals surface area contributed by atoms with Gasteiger partial charge < -0.3 is 10.6 Å². The van der Waals surface area contributed by atoms with E-state index in [-0.39, 0.29) is 17.6 Å². The third kappa shape index (κ3) is 3.46. The first kappa shape index (κ1) is 12.9. The van der Waals surface area contributed by atoms with E-state index in [0.29, 0.717) is 0 Å². The lowest BCUT2D eigenvalue weighted by molar-refractivity contribution is -0.142. The van der Waals surface area contributed by atoms with Gasteiger partial charge in [0.2, 0.25) is 5.91 Å². The first-order valence-electron chi connectivity index (χ1n) is 5.57. The van der Waals surface area contributed by atoms with Crippen molar-refractivity contribution in [1.29, 1.82) is 0 Å². The molecule has 8 heteroatoms. The van der Waals surface area contributed by atoms with E-state index in [1.54, 1.807) is 0 Å². The van der Waals surface area contributed by atoms with Crippen molar-refractivity contribution in [2.45, 2.75) is 31.6 Å². The van der Waals surface area contributed by atoms with Crippen LogP contribution >= 0.6 is 0 Å². The molecule has 0 bridgehead atoms. The summed E-state index contributed by atoms with van der Waals surface area (Å²) in [5.41, 5.74) is 0.276. The van der Waals surface area contributed by atoms with Gasteiger partial charge in [-0.25, -0.2) is 0 Å². The first-order chi connectivity index (χ1) is 8.44. The summed E-state index contributed by atoms with van der Waals surface area (Å²) in [5.74, 6) is -0.237. The van der Waals surface area contributed by atoms with Gasteiger partial charge in [-0.3, -0.25) is 9.48 Å². The van der Waals surface area contributed by atoms with Gasteiger partial charge in [0.1, 0.15) is 6.54 Å². The maximum atomic E-state index is 12.1. The number of alkyl halides is 3. The normalized spacial score (nSPS) is 20.1. The zero-order chi connectivity index (χ0) is 13.2. The molecule has 0 radical (unpaired) electrons. The molecule has 1 amide bonds. The number of halogens is 3. The Kier molecular flexibility index (Phi) is 3.55. The number of anilines is 1. The van der Waals surface area contributed by atoms with E-state index in [9.17, 15) is 18.0 Å². The Bertz CT molecular complexity index is 423. The summed E-state index contributed by atoms with van der Waals surface area (Å²) in [6.45, 7) is -0.379. The van der Waals surface area contributed by atoms with Crippen LogP contribution in [0.1, 0.15) is 12.8 Å². The summed E-state index contributed by atoms with van der Waals surface area (Å²) in [6.07, 6.45) is -0.285. The summed E-state index contributed by atoms with van der Waals surface area (Å²) < 4.78 is 37.0. The highest BCUT2D eigenvalue weighted by Crippen LogP contribution is 2.18. The highest BCUT2D eigenvalue weighted by molar-refractivity contribution is 5.94. The van der Waals surface area contributed by atoms with E-state index in [2.05, 4.69) is 15.7 Å². The van der Waals surface area contributed by atoms with Gasteiger partial charge in [0.15, 0.2) is 0 Å². The monoisotopic (exact) mass is 262 g/mol. The van der Waals surface area contributed by atoms with Crippen LogP contribution in [-0.4, -0.2) is 34.5 Å². The van der Waals surface area contributed by atoms with Crippen molar-refractivity contribution in [3.05, 3.63) is 12.4 Å². The molecule has 18 heavy (non-hydrogen) atoms. The smallest absolute Gasteiger partial charge is 0.322 e. The molecule has 1 saturated heterocycles. The number of hydrogen-bond donors (Lipinski definition) is 2. The van der Waals surface area contributed by atoms with Crippen LogP contribution in [0.5, 0.6) is 0 Å². The quantitative estimate of drug-likeness (QED) is 0.858. The first-order valence-corrected chi connectivity index (χ1v) is 5.57. The molecule has 0 spiro atoms.